The molecule has 0 unspecified atom stereocenters. The average Bonchev–Trinajstić information content (AvgIpc) is 2.08. The molecule has 0 heterocycles. The number of hydrogen-bond acceptors (Lipinski definition) is 2. The van der Waals surface area contributed by atoms with Gasteiger partial charge in [-0.3, -0.25) is 0 Å². The molecular weight excluding hydrogens is 169 g/mol. The molecule has 3 heteroatoms. The van der Waals surface area contributed by atoms with Crippen LogP contribution in [0.3, 0.4) is 0 Å². The molecular formula is C10H14FNO. The molecule has 0 aliphatic rings. The second kappa shape index (κ2) is 3.85. The minimum atomic E-state index is -0.740. The first-order chi connectivity index (χ1) is 6.04. The number of aliphatic hydroxyl groups excluding tert-OH is 1. The Kier molecular flexibility index (Phi) is 3.01. The van der Waals surface area contributed by atoms with E-state index in [-0.39, 0.29) is 5.82 Å². The molecule has 0 amide bonds. The third kappa shape index (κ3) is 2.05. The summed E-state index contributed by atoms with van der Waals surface area (Å²) in [5, 5.41) is 9.20. The summed E-state index contributed by atoms with van der Waals surface area (Å²) < 4.78 is 13.4. The van der Waals surface area contributed by atoms with E-state index in [0.29, 0.717) is 11.1 Å². The number of aryl methyl sites for hydroxylation is 1. The zero-order valence-corrected chi connectivity index (χ0v) is 7.79. The fraction of sp³-hybridized carbons (Fsp3) is 0.400. The Bertz CT molecular complexity index is 299. The van der Waals surface area contributed by atoms with E-state index in [2.05, 4.69) is 0 Å². The fourth-order valence-corrected chi connectivity index (χ4v) is 1.19. The Morgan fingerprint density at radius 3 is 2.62 bits per heavy atom. The van der Waals surface area contributed by atoms with Gasteiger partial charge in [-0.15, -0.1) is 0 Å². The Morgan fingerprint density at radius 2 is 2.08 bits per heavy atom. The molecule has 0 fully saturated rings. The number of nitrogens with two attached hydrogens (primary N) is 1. The third-order valence-corrected chi connectivity index (χ3v) is 2.10. The second-order valence-electron chi connectivity index (χ2n) is 3.24. The standard InChI is InChI=1S/C10H14FNO/c1-6-4-3-5-8(9(6)11)10(12)7(2)13/h3-5,7,10,13H,12H2,1-2H3/t7-,10+/m0/s1. The van der Waals surface area contributed by atoms with Gasteiger partial charge >= 0.3 is 0 Å². The lowest BCUT2D eigenvalue weighted by atomic mass is 10.0. The summed E-state index contributed by atoms with van der Waals surface area (Å²) in [5.74, 6) is -0.323. The Labute approximate surface area is 77.2 Å². The van der Waals surface area contributed by atoms with Crippen LogP contribution < -0.4 is 5.73 Å². The molecule has 0 spiro atoms. The molecule has 3 N–H and O–H groups in total. The molecule has 0 saturated heterocycles. The lowest BCUT2D eigenvalue weighted by Crippen LogP contribution is -2.24. The Hall–Kier alpha value is -0.930. The van der Waals surface area contributed by atoms with Crippen molar-refractivity contribution in [1.82, 2.24) is 0 Å². The van der Waals surface area contributed by atoms with Crippen molar-refractivity contribution in [3.8, 4) is 0 Å². The SMILES string of the molecule is Cc1cccc([C@H](N)[C@H](C)O)c1F. The highest BCUT2D eigenvalue weighted by Gasteiger charge is 2.16. The predicted molar refractivity (Wildman–Crippen MR) is 49.7 cm³/mol. The maximum absolute atomic E-state index is 13.4. The topological polar surface area (TPSA) is 46.2 Å². The molecule has 72 valence electrons. The smallest absolute Gasteiger partial charge is 0.130 e. The lowest BCUT2D eigenvalue weighted by Gasteiger charge is -2.16. The van der Waals surface area contributed by atoms with E-state index >= 15 is 0 Å². The van der Waals surface area contributed by atoms with Gasteiger partial charge in [0.15, 0.2) is 0 Å². The molecule has 0 aliphatic carbocycles. The maximum Gasteiger partial charge on any atom is 0.130 e. The number of aliphatic hydroxyl groups is 1. The van der Waals surface area contributed by atoms with Crippen molar-refractivity contribution in [3.05, 3.63) is 35.1 Å². The molecule has 0 bridgehead atoms. The van der Waals surface area contributed by atoms with Gasteiger partial charge in [-0.1, -0.05) is 18.2 Å². The second-order valence-corrected chi connectivity index (χ2v) is 3.24. The quantitative estimate of drug-likeness (QED) is 0.730. The van der Waals surface area contributed by atoms with Gasteiger partial charge < -0.3 is 10.8 Å². The van der Waals surface area contributed by atoms with E-state index in [1.54, 1.807) is 32.0 Å². The van der Waals surface area contributed by atoms with Crippen LogP contribution >= 0.6 is 0 Å². The van der Waals surface area contributed by atoms with Crippen LogP contribution in [-0.2, 0) is 0 Å². The zero-order chi connectivity index (χ0) is 10.0. The van der Waals surface area contributed by atoms with Gasteiger partial charge in [0.2, 0.25) is 0 Å². The van der Waals surface area contributed by atoms with Crippen molar-refractivity contribution >= 4 is 0 Å². The first kappa shape index (κ1) is 10.2. The van der Waals surface area contributed by atoms with Gasteiger partial charge in [0.05, 0.1) is 12.1 Å². The first-order valence-electron chi connectivity index (χ1n) is 4.22. The largest absolute Gasteiger partial charge is 0.391 e. The summed E-state index contributed by atoms with van der Waals surface area (Å²) in [6, 6.07) is 4.35. The normalized spacial score (nSPS) is 15.5. The summed E-state index contributed by atoms with van der Waals surface area (Å²) in [6.07, 6.45) is -0.740. The molecule has 1 rings (SSSR count). The number of rotatable bonds is 2. The van der Waals surface area contributed by atoms with E-state index in [1.807, 2.05) is 0 Å². The number of hydrogen-bond donors (Lipinski definition) is 2. The number of halogens is 1. The predicted octanol–water partition coefficient (Wildman–Crippen LogP) is 1.51. The molecule has 0 aromatic heterocycles. The van der Waals surface area contributed by atoms with E-state index in [9.17, 15) is 9.50 Å². The van der Waals surface area contributed by atoms with Crippen LogP contribution in [0.1, 0.15) is 24.1 Å². The molecule has 1 aromatic rings. The first-order valence-corrected chi connectivity index (χ1v) is 4.22. The fourth-order valence-electron chi connectivity index (χ4n) is 1.19. The molecule has 13 heavy (non-hydrogen) atoms. The van der Waals surface area contributed by atoms with Crippen LogP contribution in [0.5, 0.6) is 0 Å². The highest BCUT2D eigenvalue weighted by molar-refractivity contribution is 5.27. The Balaban J connectivity index is 3.07. The highest BCUT2D eigenvalue weighted by Crippen LogP contribution is 2.20. The van der Waals surface area contributed by atoms with Crippen molar-refractivity contribution in [2.45, 2.75) is 26.0 Å². The summed E-state index contributed by atoms with van der Waals surface area (Å²) in [6.45, 7) is 3.22. The monoisotopic (exact) mass is 183 g/mol. The van der Waals surface area contributed by atoms with Crippen LogP contribution in [0.4, 0.5) is 4.39 Å². The van der Waals surface area contributed by atoms with Crippen molar-refractivity contribution in [1.29, 1.82) is 0 Å². The lowest BCUT2D eigenvalue weighted by molar-refractivity contribution is 0.162. The van der Waals surface area contributed by atoms with Crippen molar-refractivity contribution in [2.75, 3.05) is 0 Å². The summed E-state index contributed by atoms with van der Waals surface area (Å²) >= 11 is 0. The maximum atomic E-state index is 13.4. The highest BCUT2D eigenvalue weighted by atomic mass is 19.1. The van der Waals surface area contributed by atoms with Gasteiger partial charge in [-0.2, -0.15) is 0 Å². The zero-order valence-electron chi connectivity index (χ0n) is 7.79. The minimum Gasteiger partial charge on any atom is -0.391 e. The summed E-state index contributed by atoms with van der Waals surface area (Å²) in [4.78, 5) is 0. The van der Waals surface area contributed by atoms with Crippen molar-refractivity contribution < 1.29 is 9.50 Å². The van der Waals surface area contributed by atoms with Gasteiger partial charge in [-0.05, 0) is 19.4 Å². The Morgan fingerprint density at radius 1 is 1.46 bits per heavy atom. The molecule has 2 atom stereocenters. The number of benzene rings is 1. The molecule has 1 aromatic carbocycles. The van der Waals surface area contributed by atoms with E-state index in [4.69, 9.17) is 5.73 Å². The molecule has 0 radical (unpaired) electrons. The van der Waals surface area contributed by atoms with Crippen LogP contribution in [0.2, 0.25) is 0 Å². The van der Waals surface area contributed by atoms with Crippen LogP contribution in [-0.4, -0.2) is 11.2 Å². The average molecular weight is 183 g/mol. The van der Waals surface area contributed by atoms with Gasteiger partial charge in [0, 0.05) is 5.56 Å². The molecule has 2 nitrogen and oxygen atoms in total. The molecule has 0 saturated carbocycles. The summed E-state index contributed by atoms with van der Waals surface area (Å²) in [5.41, 5.74) is 6.54. The van der Waals surface area contributed by atoms with E-state index in [1.165, 1.54) is 0 Å². The molecule has 0 aliphatic heterocycles. The van der Waals surface area contributed by atoms with Gasteiger partial charge in [0.1, 0.15) is 5.82 Å². The van der Waals surface area contributed by atoms with Gasteiger partial charge in [0.25, 0.3) is 0 Å². The van der Waals surface area contributed by atoms with Crippen LogP contribution in [0, 0.1) is 12.7 Å². The van der Waals surface area contributed by atoms with Gasteiger partial charge in [-0.25, -0.2) is 4.39 Å². The summed E-state index contributed by atoms with van der Waals surface area (Å²) in [7, 11) is 0. The minimum absolute atomic E-state index is 0.323. The van der Waals surface area contributed by atoms with E-state index in [0.717, 1.165) is 0 Å². The van der Waals surface area contributed by atoms with Crippen molar-refractivity contribution in [3.63, 3.8) is 0 Å². The van der Waals surface area contributed by atoms with Crippen LogP contribution in [0.25, 0.3) is 0 Å². The third-order valence-electron chi connectivity index (χ3n) is 2.10. The van der Waals surface area contributed by atoms with E-state index < -0.39 is 12.1 Å². The van der Waals surface area contributed by atoms with Crippen molar-refractivity contribution in [2.24, 2.45) is 5.73 Å². The van der Waals surface area contributed by atoms with Crippen LogP contribution in [0.15, 0.2) is 18.2 Å².